The molecule has 0 aliphatic carbocycles. The zero-order chi connectivity index (χ0) is 17.1. The van der Waals surface area contributed by atoms with Gasteiger partial charge in [-0.05, 0) is 36.8 Å². The molecule has 2 N–H and O–H groups in total. The van der Waals surface area contributed by atoms with Crippen molar-refractivity contribution in [2.24, 2.45) is 0 Å². The van der Waals surface area contributed by atoms with Gasteiger partial charge in [0.15, 0.2) is 0 Å². The highest BCUT2D eigenvalue weighted by atomic mass is 79.9. The number of carbonyl (C=O) groups excluding carboxylic acids is 1. The molecule has 1 aromatic heterocycles. The number of benzene rings is 2. The third-order valence-electron chi connectivity index (χ3n) is 3.71. The summed E-state index contributed by atoms with van der Waals surface area (Å²) in [6, 6.07) is 13.4. The van der Waals surface area contributed by atoms with Crippen LogP contribution in [0.15, 0.2) is 59.2 Å². The van der Waals surface area contributed by atoms with E-state index in [-0.39, 0.29) is 17.8 Å². The molecule has 24 heavy (non-hydrogen) atoms. The van der Waals surface area contributed by atoms with E-state index in [2.05, 4.69) is 31.4 Å². The summed E-state index contributed by atoms with van der Waals surface area (Å²) in [5, 5.41) is 9.77. The average Bonchev–Trinajstić information content (AvgIpc) is 3.05. The van der Waals surface area contributed by atoms with E-state index in [4.69, 9.17) is 0 Å². The zero-order valence-electron chi connectivity index (χ0n) is 12.9. The van der Waals surface area contributed by atoms with Crippen molar-refractivity contribution in [3.63, 3.8) is 0 Å². The Kier molecular flexibility index (Phi) is 4.76. The highest BCUT2D eigenvalue weighted by Crippen LogP contribution is 2.25. The molecule has 0 unspecified atom stereocenters. The van der Waals surface area contributed by atoms with Gasteiger partial charge in [-0.25, -0.2) is 4.39 Å². The monoisotopic (exact) mass is 387 g/mol. The third-order valence-corrected chi connectivity index (χ3v) is 4.21. The summed E-state index contributed by atoms with van der Waals surface area (Å²) in [5.74, 6) is -0.542. The van der Waals surface area contributed by atoms with E-state index in [9.17, 15) is 9.18 Å². The van der Waals surface area contributed by atoms with Crippen molar-refractivity contribution in [3.8, 4) is 11.3 Å². The second kappa shape index (κ2) is 6.97. The van der Waals surface area contributed by atoms with Crippen LogP contribution in [0.3, 0.4) is 0 Å². The molecular weight excluding hydrogens is 373 g/mol. The lowest BCUT2D eigenvalue weighted by atomic mass is 10.1. The van der Waals surface area contributed by atoms with Gasteiger partial charge in [0, 0.05) is 10.0 Å². The Labute approximate surface area is 147 Å². The normalized spacial score (nSPS) is 12.0. The predicted octanol–water partition coefficient (Wildman–Crippen LogP) is 4.47. The molecule has 1 amide bonds. The van der Waals surface area contributed by atoms with E-state index < -0.39 is 0 Å². The Morgan fingerprint density at radius 3 is 2.71 bits per heavy atom. The van der Waals surface area contributed by atoms with Gasteiger partial charge in [0.05, 0.1) is 23.5 Å². The topological polar surface area (TPSA) is 57.8 Å². The van der Waals surface area contributed by atoms with Crippen LogP contribution < -0.4 is 5.32 Å². The lowest BCUT2D eigenvalue weighted by Gasteiger charge is -2.14. The number of aromatic amines is 1. The fourth-order valence-electron chi connectivity index (χ4n) is 2.43. The second-order valence-corrected chi connectivity index (χ2v) is 6.33. The summed E-state index contributed by atoms with van der Waals surface area (Å²) in [5.41, 5.74) is 2.81. The molecule has 1 atom stereocenters. The SMILES string of the molecule is C[C@H](NC(=O)c1cn[nH]c1-c1cccc(Br)c1)c1ccc(F)cc1. The molecule has 0 spiro atoms. The van der Waals surface area contributed by atoms with Crippen LogP contribution in [0.4, 0.5) is 4.39 Å². The predicted molar refractivity (Wildman–Crippen MR) is 94.0 cm³/mol. The van der Waals surface area contributed by atoms with Crippen molar-refractivity contribution < 1.29 is 9.18 Å². The van der Waals surface area contributed by atoms with Crippen molar-refractivity contribution in [2.75, 3.05) is 0 Å². The molecule has 2 aromatic carbocycles. The Bertz CT molecular complexity index is 861. The first kappa shape index (κ1) is 16.4. The molecule has 3 aromatic rings. The molecule has 122 valence electrons. The van der Waals surface area contributed by atoms with E-state index >= 15 is 0 Å². The molecule has 4 nitrogen and oxygen atoms in total. The molecular formula is C18H15BrFN3O. The first-order valence-corrected chi connectivity index (χ1v) is 8.19. The van der Waals surface area contributed by atoms with Crippen LogP contribution in [0.25, 0.3) is 11.3 Å². The van der Waals surface area contributed by atoms with Crippen LogP contribution in [0.2, 0.25) is 0 Å². The van der Waals surface area contributed by atoms with Gasteiger partial charge in [-0.1, -0.05) is 40.2 Å². The van der Waals surface area contributed by atoms with Crippen molar-refractivity contribution in [1.82, 2.24) is 15.5 Å². The summed E-state index contributed by atoms with van der Waals surface area (Å²) < 4.78 is 13.9. The quantitative estimate of drug-likeness (QED) is 0.693. The maximum Gasteiger partial charge on any atom is 0.255 e. The average molecular weight is 388 g/mol. The minimum Gasteiger partial charge on any atom is -0.345 e. The molecule has 0 fully saturated rings. The number of rotatable bonds is 4. The zero-order valence-corrected chi connectivity index (χ0v) is 14.5. The van der Waals surface area contributed by atoms with Crippen LogP contribution in [0, 0.1) is 5.82 Å². The Hall–Kier alpha value is -2.47. The Balaban J connectivity index is 1.81. The van der Waals surface area contributed by atoms with Crippen molar-refractivity contribution in [3.05, 3.63) is 76.1 Å². The number of aromatic nitrogens is 2. The number of amides is 1. The van der Waals surface area contributed by atoms with E-state index in [1.165, 1.54) is 18.3 Å². The van der Waals surface area contributed by atoms with E-state index in [1.807, 2.05) is 31.2 Å². The van der Waals surface area contributed by atoms with Gasteiger partial charge in [-0.15, -0.1) is 0 Å². The fraction of sp³-hybridized carbons (Fsp3) is 0.111. The van der Waals surface area contributed by atoms with Gasteiger partial charge in [-0.2, -0.15) is 5.10 Å². The van der Waals surface area contributed by atoms with Crippen molar-refractivity contribution >= 4 is 21.8 Å². The summed E-state index contributed by atoms with van der Waals surface area (Å²) in [6.07, 6.45) is 1.50. The van der Waals surface area contributed by atoms with E-state index in [0.717, 1.165) is 15.6 Å². The second-order valence-electron chi connectivity index (χ2n) is 5.42. The minimum absolute atomic E-state index is 0.240. The summed E-state index contributed by atoms with van der Waals surface area (Å²) in [6.45, 7) is 1.85. The van der Waals surface area contributed by atoms with Gasteiger partial charge in [0.2, 0.25) is 0 Å². The Morgan fingerprint density at radius 2 is 2.00 bits per heavy atom. The molecule has 0 radical (unpaired) electrons. The van der Waals surface area contributed by atoms with Crippen LogP contribution >= 0.6 is 15.9 Å². The summed E-state index contributed by atoms with van der Waals surface area (Å²) in [4.78, 5) is 12.6. The molecule has 0 aliphatic heterocycles. The van der Waals surface area contributed by atoms with Gasteiger partial charge < -0.3 is 5.32 Å². The number of halogens is 2. The molecule has 0 bridgehead atoms. The lowest BCUT2D eigenvalue weighted by molar-refractivity contribution is 0.0940. The number of H-pyrrole nitrogens is 1. The maximum absolute atomic E-state index is 13.0. The summed E-state index contributed by atoms with van der Waals surface area (Å²) >= 11 is 3.42. The first-order valence-electron chi connectivity index (χ1n) is 7.40. The third kappa shape index (κ3) is 3.54. The number of nitrogens with one attached hydrogen (secondary N) is 2. The highest BCUT2D eigenvalue weighted by molar-refractivity contribution is 9.10. The fourth-order valence-corrected chi connectivity index (χ4v) is 2.83. The van der Waals surface area contributed by atoms with Crippen LogP contribution in [0.1, 0.15) is 28.9 Å². The molecule has 0 aliphatic rings. The molecule has 3 rings (SSSR count). The van der Waals surface area contributed by atoms with Crippen molar-refractivity contribution in [2.45, 2.75) is 13.0 Å². The minimum atomic E-state index is -0.302. The lowest BCUT2D eigenvalue weighted by Crippen LogP contribution is -2.26. The molecule has 0 saturated carbocycles. The molecule has 6 heteroatoms. The van der Waals surface area contributed by atoms with Gasteiger partial charge in [-0.3, -0.25) is 9.89 Å². The maximum atomic E-state index is 13.0. The van der Waals surface area contributed by atoms with Gasteiger partial charge in [0.1, 0.15) is 5.82 Å². The van der Waals surface area contributed by atoms with Crippen LogP contribution in [0.5, 0.6) is 0 Å². The summed E-state index contributed by atoms with van der Waals surface area (Å²) in [7, 11) is 0. The number of nitrogens with zero attached hydrogens (tertiary/aromatic N) is 1. The standard InChI is InChI=1S/C18H15BrFN3O/c1-11(12-5-7-15(20)8-6-12)22-18(24)16-10-21-23-17(16)13-3-2-4-14(19)9-13/h2-11H,1H3,(H,21,23)(H,22,24)/t11-/m0/s1. The number of hydrogen-bond acceptors (Lipinski definition) is 2. The van der Waals surface area contributed by atoms with Crippen molar-refractivity contribution in [1.29, 1.82) is 0 Å². The van der Waals surface area contributed by atoms with Gasteiger partial charge in [0.25, 0.3) is 5.91 Å². The first-order chi connectivity index (χ1) is 11.5. The Morgan fingerprint density at radius 1 is 1.25 bits per heavy atom. The number of hydrogen-bond donors (Lipinski definition) is 2. The van der Waals surface area contributed by atoms with Gasteiger partial charge >= 0.3 is 0 Å². The molecule has 1 heterocycles. The van der Waals surface area contributed by atoms with E-state index in [0.29, 0.717) is 11.3 Å². The van der Waals surface area contributed by atoms with Crippen LogP contribution in [-0.2, 0) is 0 Å². The largest absolute Gasteiger partial charge is 0.345 e. The van der Waals surface area contributed by atoms with Crippen LogP contribution in [-0.4, -0.2) is 16.1 Å². The smallest absolute Gasteiger partial charge is 0.255 e. The molecule has 0 saturated heterocycles. The highest BCUT2D eigenvalue weighted by Gasteiger charge is 2.18. The number of carbonyl (C=O) groups is 1. The van der Waals surface area contributed by atoms with E-state index in [1.54, 1.807) is 12.1 Å².